The molecule has 1 aromatic heterocycles. The van der Waals surface area contributed by atoms with Crippen molar-refractivity contribution in [1.82, 2.24) is 4.98 Å². The van der Waals surface area contributed by atoms with Crippen LogP contribution in [0, 0.1) is 0 Å². The Hall–Kier alpha value is -2.76. The summed E-state index contributed by atoms with van der Waals surface area (Å²) in [6, 6.07) is 9.02. The number of anilines is 2. The Labute approximate surface area is 146 Å². The van der Waals surface area contributed by atoms with Gasteiger partial charge >= 0.3 is 0 Å². The predicted octanol–water partition coefficient (Wildman–Crippen LogP) is 3.44. The normalized spacial score (nSPS) is 16.4. The van der Waals surface area contributed by atoms with Crippen LogP contribution in [0.5, 0.6) is 11.5 Å². The van der Waals surface area contributed by atoms with E-state index >= 15 is 0 Å². The van der Waals surface area contributed by atoms with Crippen LogP contribution in [0.25, 0.3) is 0 Å². The maximum absolute atomic E-state index is 12.4. The molecule has 130 valence electrons. The second-order valence-electron chi connectivity index (χ2n) is 6.33. The van der Waals surface area contributed by atoms with Crippen molar-refractivity contribution in [1.29, 1.82) is 0 Å². The van der Waals surface area contributed by atoms with Gasteiger partial charge in [0.15, 0.2) is 11.5 Å². The summed E-state index contributed by atoms with van der Waals surface area (Å²) in [6.45, 7) is 2.34. The smallest absolute Gasteiger partial charge is 0.256 e. The van der Waals surface area contributed by atoms with Crippen LogP contribution in [0.4, 0.5) is 11.5 Å². The summed E-state index contributed by atoms with van der Waals surface area (Å²) in [5.74, 6) is 1.59. The summed E-state index contributed by atoms with van der Waals surface area (Å²) >= 11 is 0. The zero-order valence-electron chi connectivity index (χ0n) is 14.0. The predicted molar refractivity (Wildman–Crippen MR) is 95.4 cm³/mol. The van der Waals surface area contributed by atoms with Crippen LogP contribution >= 0.6 is 0 Å². The average molecular weight is 339 g/mol. The molecule has 4 rings (SSSR count). The van der Waals surface area contributed by atoms with Crippen molar-refractivity contribution < 1.29 is 14.3 Å². The van der Waals surface area contributed by atoms with E-state index in [1.54, 1.807) is 18.2 Å². The third kappa shape index (κ3) is 3.52. The van der Waals surface area contributed by atoms with Crippen molar-refractivity contribution >= 4 is 17.4 Å². The number of pyridine rings is 1. The molecule has 0 bridgehead atoms. The number of aromatic nitrogens is 1. The fourth-order valence-corrected chi connectivity index (χ4v) is 3.20. The molecule has 6 nitrogen and oxygen atoms in total. The number of fused-ring (bicyclic) bond motifs is 1. The molecule has 1 fully saturated rings. The second kappa shape index (κ2) is 7.01. The molecular weight excluding hydrogens is 318 g/mol. The zero-order chi connectivity index (χ0) is 17.1. The number of amides is 1. The monoisotopic (exact) mass is 339 g/mol. The summed E-state index contributed by atoms with van der Waals surface area (Å²) in [6.07, 6.45) is 6.88. The minimum Gasteiger partial charge on any atom is -0.454 e. The van der Waals surface area contributed by atoms with Crippen molar-refractivity contribution in [3.05, 3.63) is 42.1 Å². The molecule has 1 saturated heterocycles. The Morgan fingerprint density at radius 3 is 2.56 bits per heavy atom. The molecule has 1 amide bonds. The highest BCUT2D eigenvalue weighted by Crippen LogP contribution is 2.32. The lowest BCUT2D eigenvalue weighted by molar-refractivity contribution is 0.102. The Kier molecular flexibility index (Phi) is 4.41. The number of benzene rings is 1. The van der Waals surface area contributed by atoms with E-state index in [0.29, 0.717) is 22.9 Å². The Morgan fingerprint density at radius 2 is 1.80 bits per heavy atom. The third-order valence-electron chi connectivity index (χ3n) is 4.60. The van der Waals surface area contributed by atoms with Gasteiger partial charge in [-0.15, -0.1) is 0 Å². The summed E-state index contributed by atoms with van der Waals surface area (Å²) < 4.78 is 10.6. The largest absolute Gasteiger partial charge is 0.454 e. The Morgan fingerprint density at radius 1 is 1.00 bits per heavy atom. The molecule has 1 aromatic carbocycles. The van der Waals surface area contributed by atoms with Gasteiger partial charge in [-0.3, -0.25) is 4.79 Å². The van der Waals surface area contributed by atoms with Gasteiger partial charge < -0.3 is 19.7 Å². The SMILES string of the molecule is O=C(Nc1ccc(N2CCCCCC2)cn1)c1ccc2c(c1)OCO2. The summed E-state index contributed by atoms with van der Waals surface area (Å²) in [7, 11) is 0. The molecule has 0 saturated carbocycles. The van der Waals surface area contributed by atoms with Crippen LogP contribution in [0.1, 0.15) is 36.0 Å². The van der Waals surface area contributed by atoms with Gasteiger partial charge in [0, 0.05) is 18.7 Å². The third-order valence-corrected chi connectivity index (χ3v) is 4.60. The first-order valence-corrected chi connectivity index (χ1v) is 8.71. The maximum Gasteiger partial charge on any atom is 0.256 e. The zero-order valence-corrected chi connectivity index (χ0v) is 14.0. The van der Waals surface area contributed by atoms with Crippen LogP contribution in [0.3, 0.4) is 0 Å². The van der Waals surface area contributed by atoms with E-state index in [-0.39, 0.29) is 12.7 Å². The van der Waals surface area contributed by atoms with E-state index in [9.17, 15) is 4.79 Å². The highest BCUT2D eigenvalue weighted by atomic mass is 16.7. The number of rotatable bonds is 3. The van der Waals surface area contributed by atoms with Gasteiger partial charge in [0.05, 0.1) is 11.9 Å². The van der Waals surface area contributed by atoms with Crippen molar-refractivity contribution in [3.63, 3.8) is 0 Å². The molecule has 0 radical (unpaired) electrons. The molecule has 6 heteroatoms. The number of carbonyl (C=O) groups excluding carboxylic acids is 1. The number of ether oxygens (including phenoxy) is 2. The molecule has 2 aliphatic heterocycles. The summed E-state index contributed by atoms with van der Waals surface area (Å²) in [5, 5.41) is 2.83. The van der Waals surface area contributed by atoms with E-state index in [4.69, 9.17) is 9.47 Å². The summed E-state index contributed by atoms with van der Waals surface area (Å²) in [5.41, 5.74) is 1.63. The van der Waals surface area contributed by atoms with E-state index in [1.165, 1.54) is 25.7 Å². The van der Waals surface area contributed by atoms with Gasteiger partial charge in [-0.2, -0.15) is 0 Å². The molecule has 0 aliphatic carbocycles. The van der Waals surface area contributed by atoms with Crippen LogP contribution < -0.4 is 19.7 Å². The van der Waals surface area contributed by atoms with Gasteiger partial charge in [0.1, 0.15) is 5.82 Å². The standard InChI is InChI=1S/C19H21N3O3/c23-19(14-5-7-16-17(11-14)25-13-24-16)21-18-8-6-15(12-20-18)22-9-3-1-2-4-10-22/h5-8,11-12H,1-4,9-10,13H2,(H,20,21,23). The van der Waals surface area contributed by atoms with Crippen molar-refractivity contribution in [2.45, 2.75) is 25.7 Å². The van der Waals surface area contributed by atoms with Gasteiger partial charge in [-0.1, -0.05) is 12.8 Å². The van der Waals surface area contributed by atoms with Crippen LogP contribution in [0.15, 0.2) is 36.5 Å². The highest BCUT2D eigenvalue weighted by Gasteiger charge is 2.17. The number of carbonyl (C=O) groups is 1. The molecular formula is C19H21N3O3. The number of nitrogens with one attached hydrogen (secondary N) is 1. The first kappa shape index (κ1) is 15.7. The van der Waals surface area contributed by atoms with Crippen LogP contribution in [-0.2, 0) is 0 Å². The van der Waals surface area contributed by atoms with Gasteiger partial charge in [-0.05, 0) is 43.2 Å². The second-order valence-corrected chi connectivity index (χ2v) is 6.33. The van der Waals surface area contributed by atoms with Gasteiger partial charge in [-0.25, -0.2) is 4.98 Å². The van der Waals surface area contributed by atoms with Crippen molar-refractivity contribution in [3.8, 4) is 11.5 Å². The number of hydrogen-bond donors (Lipinski definition) is 1. The fourth-order valence-electron chi connectivity index (χ4n) is 3.20. The topological polar surface area (TPSA) is 63.7 Å². The lowest BCUT2D eigenvalue weighted by Gasteiger charge is -2.22. The summed E-state index contributed by atoms with van der Waals surface area (Å²) in [4.78, 5) is 19.1. The molecule has 0 spiro atoms. The minimum atomic E-state index is -0.215. The Balaban J connectivity index is 1.43. The lowest BCUT2D eigenvalue weighted by atomic mass is 10.2. The molecule has 3 heterocycles. The first-order chi connectivity index (χ1) is 12.3. The molecule has 1 N–H and O–H groups in total. The van der Waals surface area contributed by atoms with E-state index in [2.05, 4.69) is 15.2 Å². The van der Waals surface area contributed by atoms with E-state index in [0.717, 1.165) is 18.8 Å². The minimum absolute atomic E-state index is 0.194. The van der Waals surface area contributed by atoms with Gasteiger partial charge in [0.25, 0.3) is 5.91 Å². The highest BCUT2D eigenvalue weighted by molar-refractivity contribution is 6.04. The molecule has 2 aliphatic rings. The molecule has 0 atom stereocenters. The first-order valence-electron chi connectivity index (χ1n) is 8.71. The van der Waals surface area contributed by atoms with Gasteiger partial charge in [0.2, 0.25) is 6.79 Å². The van der Waals surface area contributed by atoms with Crippen molar-refractivity contribution in [2.75, 3.05) is 30.1 Å². The fraction of sp³-hybridized carbons (Fsp3) is 0.368. The maximum atomic E-state index is 12.4. The molecule has 0 unspecified atom stereocenters. The van der Waals surface area contributed by atoms with E-state index < -0.39 is 0 Å². The Bertz CT molecular complexity index is 753. The lowest BCUT2D eigenvalue weighted by Crippen LogP contribution is -2.24. The molecule has 2 aromatic rings. The quantitative estimate of drug-likeness (QED) is 0.928. The van der Waals surface area contributed by atoms with E-state index in [1.807, 2.05) is 18.3 Å². The van der Waals surface area contributed by atoms with Crippen LogP contribution in [0.2, 0.25) is 0 Å². The van der Waals surface area contributed by atoms with Crippen molar-refractivity contribution in [2.24, 2.45) is 0 Å². The number of hydrogen-bond acceptors (Lipinski definition) is 5. The van der Waals surface area contributed by atoms with Crippen LogP contribution in [-0.4, -0.2) is 30.8 Å². The molecule has 25 heavy (non-hydrogen) atoms. The average Bonchev–Trinajstić information content (AvgIpc) is 2.94. The number of nitrogens with zero attached hydrogens (tertiary/aromatic N) is 2.